The molecule has 0 spiro atoms. The maximum absolute atomic E-state index is 14.8. The predicted octanol–water partition coefficient (Wildman–Crippen LogP) is 8.42. The molecule has 2 aromatic carbocycles. The molecule has 3 heterocycles. The number of amides is 1. The molecule has 0 radical (unpaired) electrons. The zero-order valence-corrected chi connectivity index (χ0v) is 24.7. The van der Waals surface area contributed by atoms with E-state index >= 15 is 0 Å². The van der Waals surface area contributed by atoms with E-state index in [-0.39, 0.29) is 29.9 Å². The van der Waals surface area contributed by atoms with Crippen LogP contribution in [0.1, 0.15) is 54.3 Å². The van der Waals surface area contributed by atoms with Gasteiger partial charge in [0.2, 0.25) is 0 Å². The first-order valence-electron chi connectivity index (χ1n) is 14.2. The molecule has 248 valence electrons. The molecule has 0 bridgehead atoms. The summed E-state index contributed by atoms with van der Waals surface area (Å²) in [6, 6.07) is 5.65. The van der Waals surface area contributed by atoms with Crippen molar-refractivity contribution in [2.75, 3.05) is 25.1 Å². The number of aryl methyl sites for hydroxylation is 1. The Morgan fingerprint density at radius 1 is 0.978 bits per heavy atom. The number of ether oxygens (including phenoxy) is 2. The molecule has 2 saturated heterocycles. The van der Waals surface area contributed by atoms with Gasteiger partial charge in [-0.3, -0.25) is 4.90 Å². The molecule has 1 aromatic heterocycles. The van der Waals surface area contributed by atoms with Crippen LogP contribution in [0.4, 0.5) is 50.1 Å². The van der Waals surface area contributed by atoms with E-state index in [0.717, 1.165) is 4.90 Å². The number of methoxy groups -OCH3 is 1. The summed E-state index contributed by atoms with van der Waals surface area (Å²) in [6.07, 6.45) is -11.8. The van der Waals surface area contributed by atoms with Crippen LogP contribution in [0, 0.1) is 5.82 Å². The lowest BCUT2D eigenvalue weighted by Crippen LogP contribution is -2.56. The van der Waals surface area contributed by atoms with Crippen molar-refractivity contribution in [1.29, 1.82) is 0 Å². The van der Waals surface area contributed by atoms with Crippen molar-refractivity contribution in [3.05, 3.63) is 76.2 Å². The topological polar surface area (TPSA) is 54.9 Å². The monoisotopic (exact) mass is 661 g/mol. The van der Waals surface area contributed by atoms with Gasteiger partial charge >= 0.3 is 18.4 Å². The average molecular weight is 662 g/mol. The van der Waals surface area contributed by atoms with Gasteiger partial charge in [-0.2, -0.15) is 26.3 Å². The highest BCUT2D eigenvalue weighted by Crippen LogP contribution is 2.43. The second-order valence-corrected chi connectivity index (χ2v) is 11.3. The summed E-state index contributed by atoms with van der Waals surface area (Å²) < 4.78 is 134. The Hall–Kier alpha value is -4.17. The lowest BCUT2D eigenvalue weighted by molar-refractivity contribution is -0.143. The molecule has 0 N–H and O–H groups in total. The van der Waals surface area contributed by atoms with Crippen LogP contribution in [0.25, 0.3) is 11.1 Å². The average Bonchev–Trinajstić information content (AvgIpc) is 3.24. The quantitative estimate of drug-likeness (QED) is 0.227. The van der Waals surface area contributed by atoms with E-state index in [2.05, 4.69) is 4.98 Å². The molecule has 0 saturated carbocycles. The molecule has 1 amide bonds. The summed E-state index contributed by atoms with van der Waals surface area (Å²) in [4.78, 5) is 20.0. The molecule has 2 aliphatic rings. The van der Waals surface area contributed by atoms with Gasteiger partial charge in [0.25, 0.3) is 5.92 Å². The number of cyclic esters (lactones) is 1. The third-order valence-corrected chi connectivity index (χ3v) is 7.96. The van der Waals surface area contributed by atoms with Crippen molar-refractivity contribution >= 4 is 11.9 Å². The number of carbonyl (C=O) groups is 1. The minimum absolute atomic E-state index is 0.0212. The minimum Gasteiger partial charge on any atom is -0.496 e. The van der Waals surface area contributed by atoms with Gasteiger partial charge in [0, 0.05) is 17.2 Å². The van der Waals surface area contributed by atoms with Gasteiger partial charge in [-0.25, -0.2) is 22.9 Å². The van der Waals surface area contributed by atoms with E-state index in [9.17, 15) is 44.3 Å². The Labute approximate surface area is 257 Å². The number of alkyl halides is 8. The number of carbonyl (C=O) groups excluding carboxylic acids is 1. The van der Waals surface area contributed by atoms with Crippen LogP contribution in [0.5, 0.6) is 5.75 Å². The molecule has 3 aromatic rings. The smallest absolute Gasteiger partial charge is 0.416 e. The number of aromatic nitrogens is 1. The third kappa shape index (κ3) is 6.54. The van der Waals surface area contributed by atoms with Crippen LogP contribution in [0.2, 0.25) is 0 Å². The van der Waals surface area contributed by atoms with Crippen molar-refractivity contribution in [2.45, 2.75) is 63.7 Å². The first-order chi connectivity index (χ1) is 21.4. The van der Waals surface area contributed by atoms with Crippen molar-refractivity contribution in [2.24, 2.45) is 0 Å². The Kier molecular flexibility index (Phi) is 8.58. The number of benzene rings is 2. The maximum Gasteiger partial charge on any atom is 0.416 e. The summed E-state index contributed by atoms with van der Waals surface area (Å²) in [5.41, 5.74) is -2.44. The fourth-order valence-corrected chi connectivity index (χ4v) is 5.61. The Morgan fingerprint density at radius 3 is 2.15 bits per heavy atom. The molecular formula is C31H28F9N3O3. The number of hydrogen-bond acceptors (Lipinski definition) is 5. The summed E-state index contributed by atoms with van der Waals surface area (Å²) in [7, 11) is 1.32. The van der Waals surface area contributed by atoms with Crippen molar-refractivity contribution < 1.29 is 53.8 Å². The van der Waals surface area contributed by atoms with Crippen LogP contribution in [-0.2, 0) is 30.1 Å². The zero-order chi connectivity index (χ0) is 33.8. The largest absolute Gasteiger partial charge is 0.496 e. The summed E-state index contributed by atoms with van der Waals surface area (Å²) >= 11 is 0. The number of halogens is 9. The van der Waals surface area contributed by atoms with Gasteiger partial charge < -0.3 is 14.4 Å². The van der Waals surface area contributed by atoms with Crippen LogP contribution in [0.15, 0.2) is 42.5 Å². The predicted molar refractivity (Wildman–Crippen MR) is 148 cm³/mol. The Morgan fingerprint density at radius 2 is 1.61 bits per heavy atom. The molecule has 15 heteroatoms. The Balaban J connectivity index is 1.56. The van der Waals surface area contributed by atoms with Crippen LogP contribution in [0.3, 0.4) is 0 Å². The normalized spacial score (nSPS) is 19.7. The van der Waals surface area contributed by atoms with Crippen LogP contribution >= 0.6 is 0 Å². The second kappa shape index (κ2) is 11.9. The highest BCUT2D eigenvalue weighted by molar-refractivity contribution is 5.76. The lowest BCUT2D eigenvalue weighted by Gasteiger charge is -2.39. The Bertz CT molecular complexity index is 1600. The first kappa shape index (κ1) is 33.2. The van der Waals surface area contributed by atoms with Crippen molar-refractivity contribution in [3.63, 3.8) is 0 Å². The van der Waals surface area contributed by atoms with Gasteiger partial charge in [0.15, 0.2) is 0 Å². The third-order valence-electron chi connectivity index (χ3n) is 7.96. The fourth-order valence-electron chi connectivity index (χ4n) is 5.61. The molecule has 0 aliphatic carbocycles. The molecule has 2 aliphatic heterocycles. The molecule has 5 rings (SSSR count). The highest BCUT2D eigenvalue weighted by Gasteiger charge is 2.46. The number of rotatable bonds is 8. The zero-order valence-electron chi connectivity index (χ0n) is 24.7. The van der Waals surface area contributed by atoms with E-state index in [1.54, 1.807) is 12.1 Å². The standard InChI is InChI=1S/C31H28F9N3O3/c1-4-5-17-10-22(25(45-3)12-23(17)32)21-6-7-26(42-14-29(33,34)15-42)41-24(21)13-43-16(2)27(46-28(43)44)18-8-19(30(35,36)37)11-20(9-18)31(38,39)40/h6-12,16,27H,4-5,13-15H2,1-3H3/t16-,27-/m0/s1. The van der Waals surface area contributed by atoms with E-state index in [4.69, 9.17) is 9.47 Å². The molecule has 2 atom stereocenters. The summed E-state index contributed by atoms with van der Waals surface area (Å²) in [5, 5.41) is 0. The molecule has 46 heavy (non-hydrogen) atoms. The van der Waals surface area contributed by atoms with Crippen molar-refractivity contribution in [3.8, 4) is 16.9 Å². The number of hydrogen-bond donors (Lipinski definition) is 0. The molecule has 6 nitrogen and oxygen atoms in total. The van der Waals surface area contributed by atoms with Gasteiger partial charge in [-0.15, -0.1) is 0 Å². The van der Waals surface area contributed by atoms with E-state index < -0.39 is 72.1 Å². The maximum atomic E-state index is 14.8. The summed E-state index contributed by atoms with van der Waals surface area (Å²) in [5.74, 6) is -3.20. The molecular weight excluding hydrogens is 633 g/mol. The van der Waals surface area contributed by atoms with Gasteiger partial charge in [-0.05, 0) is 60.9 Å². The highest BCUT2D eigenvalue weighted by atomic mass is 19.4. The fraction of sp³-hybridized carbons (Fsp3) is 0.419. The van der Waals surface area contributed by atoms with Gasteiger partial charge in [0.05, 0.1) is 49.6 Å². The van der Waals surface area contributed by atoms with E-state index in [0.29, 0.717) is 41.7 Å². The number of pyridine rings is 1. The second-order valence-electron chi connectivity index (χ2n) is 11.3. The lowest BCUT2D eigenvalue weighted by atomic mass is 9.96. The summed E-state index contributed by atoms with van der Waals surface area (Å²) in [6.45, 7) is 1.65. The van der Waals surface area contributed by atoms with Gasteiger partial charge in [-0.1, -0.05) is 13.3 Å². The van der Waals surface area contributed by atoms with E-state index in [1.807, 2.05) is 6.92 Å². The van der Waals surface area contributed by atoms with Crippen molar-refractivity contribution in [1.82, 2.24) is 9.88 Å². The molecule has 2 fully saturated rings. The first-order valence-corrected chi connectivity index (χ1v) is 14.2. The SMILES string of the molecule is CCCc1cc(-c2ccc(N3CC(F)(F)C3)nc2CN2C(=O)O[C@H](c3cc(C(F)(F)F)cc(C(F)(F)F)c3)[C@@H]2C)c(OC)cc1F. The van der Waals surface area contributed by atoms with E-state index in [1.165, 1.54) is 31.1 Å². The van der Waals surface area contributed by atoms with Gasteiger partial charge in [0.1, 0.15) is 23.5 Å². The minimum atomic E-state index is -5.11. The number of anilines is 1. The number of nitrogens with zero attached hydrogens (tertiary/aromatic N) is 3. The van der Waals surface area contributed by atoms with Crippen LogP contribution in [-0.4, -0.2) is 48.1 Å². The van der Waals surface area contributed by atoms with Crippen LogP contribution < -0.4 is 9.64 Å². The molecule has 0 unspecified atom stereocenters.